The zero-order valence-corrected chi connectivity index (χ0v) is 15.9. The summed E-state index contributed by atoms with van der Waals surface area (Å²) in [6.07, 6.45) is 3.93. The molecule has 0 saturated heterocycles. The number of fused-ring (bicyclic) bond motifs is 9. The molecule has 0 radical (unpaired) electrons. The lowest BCUT2D eigenvalue weighted by Gasteiger charge is -1.90. The van der Waals surface area contributed by atoms with Crippen molar-refractivity contribution in [3.63, 3.8) is 0 Å². The summed E-state index contributed by atoms with van der Waals surface area (Å²) >= 11 is 3.35. The second kappa shape index (κ2) is 5.46. The van der Waals surface area contributed by atoms with E-state index >= 15 is 0 Å². The number of nitrogens with zero attached hydrogens (tertiary/aromatic N) is 4. The molecule has 0 unspecified atom stereocenters. The van der Waals surface area contributed by atoms with Crippen LogP contribution in [0.1, 0.15) is 0 Å². The summed E-state index contributed by atoms with van der Waals surface area (Å²) in [5, 5.41) is 26.5. The fourth-order valence-electron chi connectivity index (χ4n) is 4.14. The van der Waals surface area contributed by atoms with Crippen LogP contribution in [0.25, 0.3) is 51.1 Å². The molecular weight excluding hydrogens is 384 g/mol. The predicted molar refractivity (Wildman–Crippen MR) is 114 cm³/mol. The highest BCUT2D eigenvalue weighted by Crippen LogP contribution is 2.47. The Labute approximate surface area is 165 Å². The molecule has 4 aromatic carbocycles. The fraction of sp³-hybridized carbons (Fsp3) is 0. The molecule has 4 nitrogen and oxygen atoms in total. The highest BCUT2D eigenvalue weighted by molar-refractivity contribution is 7.37. The minimum atomic E-state index is 0.757. The topological polar surface area (TPSA) is 72.3 Å². The van der Waals surface area contributed by atoms with Gasteiger partial charge in [-0.15, -0.1) is 22.7 Å². The molecule has 2 aromatic heterocycles. The van der Waals surface area contributed by atoms with E-state index in [-0.39, 0.29) is 0 Å². The van der Waals surface area contributed by atoms with Gasteiger partial charge < -0.3 is 0 Å². The van der Waals surface area contributed by atoms with Gasteiger partial charge in [0.1, 0.15) is 10.7 Å². The largest absolute Gasteiger partial charge is 0.206 e. The van der Waals surface area contributed by atoms with E-state index in [0.29, 0.717) is 0 Å². The molecule has 0 aliphatic heterocycles. The van der Waals surface area contributed by atoms with Crippen LogP contribution in [0, 0.1) is 22.9 Å². The minimum absolute atomic E-state index is 0.757. The predicted octanol–water partition coefficient (Wildman–Crippen LogP) is 5.21. The van der Waals surface area contributed by atoms with Gasteiger partial charge in [0, 0.05) is 21.5 Å². The summed E-state index contributed by atoms with van der Waals surface area (Å²) in [7, 11) is 0. The van der Waals surface area contributed by atoms with E-state index in [1.54, 1.807) is 22.7 Å². The Hall–Kier alpha value is -3.58. The van der Waals surface area contributed by atoms with E-state index in [1.165, 1.54) is 9.40 Å². The van der Waals surface area contributed by atoms with E-state index in [0.717, 1.165) is 52.4 Å². The molecule has 0 bridgehead atoms. The molecule has 0 N–H and O–H groups in total. The van der Waals surface area contributed by atoms with Crippen molar-refractivity contribution in [3.8, 4) is 12.4 Å². The molecule has 6 heteroatoms. The second-order valence-corrected chi connectivity index (χ2v) is 8.52. The lowest BCUT2D eigenvalue weighted by atomic mass is 10.2. The Morgan fingerprint density at radius 1 is 0.571 bits per heavy atom. The first-order valence-electron chi connectivity index (χ1n) is 8.56. The summed E-state index contributed by atoms with van der Waals surface area (Å²) in [6.45, 7) is 0. The van der Waals surface area contributed by atoms with Gasteiger partial charge in [-0.3, -0.25) is 0 Å². The van der Waals surface area contributed by atoms with Crippen LogP contribution in [-0.4, -0.2) is 0 Å². The number of rotatable bonds is 0. The SMILES string of the molecule is N#CN=c1c2ccccc2c2c1sc1c2sc2c(=NC#N)c3ccccc3c21. The van der Waals surface area contributed by atoms with Crippen LogP contribution in [0.4, 0.5) is 0 Å². The van der Waals surface area contributed by atoms with Gasteiger partial charge in [0.25, 0.3) is 0 Å². The number of benzene rings is 2. The van der Waals surface area contributed by atoms with Gasteiger partial charge in [0.2, 0.25) is 12.4 Å². The van der Waals surface area contributed by atoms with Crippen molar-refractivity contribution < 1.29 is 0 Å². The molecule has 0 fully saturated rings. The van der Waals surface area contributed by atoms with Crippen LogP contribution < -0.4 is 10.7 Å². The number of thiophene rings is 2. The highest BCUT2D eigenvalue weighted by atomic mass is 32.1. The van der Waals surface area contributed by atoms with Gasteiger partial charge in [0.15, 0.2) is 0 Å². The Balaban J connectivity index is 1.96. The second-order valence-electron chi connectivity index (χ2n) is 6.48. The smallest absolute Gasteiger partial charge is 0.172 e. The van der Waals surface area contributed by atoms with Gasteiger partial charge >= 0.3 is 0 Å². The van der Waals surface area contributed by atoms with E-state index in [9.17, 15) is 10.5 Å². The zero-order chi connectivity index (χ0) is 18.8. The average Bonchev–Trinajstić information content (AvgIpc) is 3.41. The third kappa shape index (κ3) is 1.76. The van der Waals surface area contributed by atoms with E-state index in [2.05, 4.69) is 22.1 Å². The van der Waals surface area contributed by atoms with Crippen LogP contribution >= 0.6 is 22.7 Å². The maximum absolute atomic E-state index is 9.21. The zero-order valence-electron chi connectivity index (χ0n) is 14.2. The maximum Gasteiger partial charge on any atom is 0.206 e. The summed E-state index contributed by atoms with van der Waals surface area (Å²) in [5.41, 5.74) is 0. The molecule has 0 amide bonds. The van der Waals surface area contributed by atoms with E-state index < -0.39 is 0 Å². The third-order valence-corrected chi connectivity index (χ3v) is 7.74. The first-order chi connectivity index (χ1) is 13.8. The van der Waals surface area contributed by atoms with Crippen molar-refractivity contribution in [2.75, 3.05) is 0 Å². The van der Waals surface area contributed by atoms with Crippen molar-refractivity contribution in [2.24, 2.45) is 9.98 Å². The number of nitriles is 2. The van der Waals surface area contributed by atoms with Crippen LogP contribution in [0.5, 0.6) is 0 Å². The van der Waals surface area contributed by atoms with Crippen molar-refractivity contribution in [2.45, 2.75) is 0 Å². The van der Waals surface area contributed by atoms with E-state index in [1.807, 2.05) is 48.8 Å². The Bertz CT molecular complexity index is 1660. The maximum atomic E-state index is 9.21. The van der Waals surface area contributed by atoms with Crippen LogP contribution in [0.15, 0.2) is 58.5 Å². The van der Waals surface area contributed by atoms with Gasteiger partial charge in [-0.2, -0.15) is 20.5 Å². The quantitative estimate of drug-likeness (QED) is 0.333. The first kappa shape index (κ1) is 15.5. The molecule has 0 saturated carbocycles. The van der Waals surface area contributed by atoms with E-state index in [4.69, 9.17) is 0 Å². The van der Waals surface area contributed by atoms with Crippen LogP contribution in [0.3, 0.4) is 0 Å². The van der Waals surface area contributed by atoms with Crippen molar-refractivity contribution in [1.29, 1.82) is 10.5 Å². The van der Waals surface area contributed by atoms with Crippen molar-refractivity contribution in [3.05, 3.63) is 59.2 Å². The minimum Gasteiger partial charge on any atom is -0.172 e. The van der Waals surface area contributed by atoms with Gasteiger partial charge in [-0.1, -0.05) is 48.5 Å². The molecule has 28 heavy (non-hydrogen) atoms. The molecule has 128 valence electrons. The molecule has 6 aromatic rings. The van der Waals surface area contributed by atoms with Gasteiger partial charge in [0.05, 0.1) is 18.8 Å². The normalized spacial score (nSPS) is 13.4. The summed E-state index contributed by atoms with van der Waals surface area (Å²) in [6, 6.07) is 16.2. The molecule has 0 spiro atoms. The molecule has 0 atom stereocenters. The molecular formula is C22H8N4S2. The molecule has 2 heterocycles. The molecule has 0 aliphatic rings. The summed E-state index contributed by atoms with van der Waals surface area (Å²) < 4.78 is 4.46. The van der Waals surface area contributed by atoms with Crippen LogP contribution in [-0.2, 0) is 0 Å². The average molecular weight is 392 g/mol. The molecule has 6 rings (SSSR count). The third-order valence-electron chi connectivity index (χ3n) is 5.18. The Morgan fingerprint density at radius 2 is 0.964 bits per heavy atom. The summed E-state index contributed by atoms with van der Waals surface area (Å²) in [5.74, 6) is 0. The number of hydrogen-bond donors (Lipinski definition) is 0. The standard InChI is InChI=1S/C22H8N4S2/c23-9-25-17-13-7-3-1-5-11(13)15-19(17)27-22-16-12-6-2-4-8-14(12)18(26-10-24)20(16)28-21(15)22/h1-8H. The highest BCUT2D eigenvalue weighted by Gasteiger charge is 2.22. The first-order valence-corrected chi connectivity index (χ1v) is 10.2. The Kier molecular flexibility index (Phi) is 3.02. The summed E-state index contributed by atoms with van der Waals surface area (Å²) in [4.78, 5) is 8.27. The monoisotopic (exact) mass is 392 g/mol. The van der Waals surface area contributed by atoms with Crippen LogP contribution in [0.2, 0.25) is 0 Å². The van der Waals surface area contributed by atoms with Gasteiger partial charge in [-0.05, 0) is 10.8 Å². The van der Waals surface area contributed by atoms with Crippen molar-refractivity contribution in [1.82, 2.24) is 0 Å². The number of hydrogen-bond acceptors (Lipinski definition) is 6. The van der Waals surface area contributed by atoms with Crippen molar-refractivity contribution >= 4 is 73.8 Å². The Morgan fingerprint density at radius 3 is 1.36 bits per heavy atom. The molecule has 0 aliphatic carbocycles. The fourth-order valence-corrected chi connectivity index (χ4v) is 7.08. The lowest BCUT2D eigenvalue weighted by Crippen LogP contribution is -1.95. The van der Waals surface area contributed by atoms with Gasteiger partial charge in [-0.25, -0.2) is 0 Å². The lowest BCUT2D eigenvalue weighted by molar-refractivity contribution is 1.38.